The zero-order valence-corrected chi connectivity index (χ0v) is 10.7. The van der Waals surface area contributed by atoms with E-state index in [2.05, 4.69) is 10.3 Å². The number of hydrogen-bond acceptors (Lipinski definition) is 6. The van der Waals surface area contributed by atoms with Gasteiger partial charge in [0.2, 0.25) is 0 Å². The third kappa shape index (κ3) is 2.43. The predicted octanol–water partition coefficient (Wildman–Crippen LogP) is -0.840. The number of rotatable bonds is 3. The molecule has 5 atom stereocenters. The normalized spacial score (nSPS) is 43.5. The Balaban J connectivity index is 2.14. The van der Waals surface area contributed by atoms with Crippen LogP contribution in [0.1, 0.15) is 6.92 Å². The van der Waals surface area contributed by atoms with Crippen LogP contribution < -0.4 is 5.32 Å². The fourth-order valence-corrected chi connectivity index (χ4v) is 3.31. The predicted molar refractivity (Wildman–Crippen MR) is 65.0 cm³/mol. The van der Waals surface area contributed by atoms with Crippen LogP contribution in [0, 0.1) is 0 Å². The molecule has 0 aromatic heterocycles. The summed E-state index contributed by atoms with van der Waals surface area (Å²) in [7, 11) is 1.55. The Kier molecular flexibility index (Phi) is 4.26. The highest BCUT2D eigenvalue weighted by atomic mass is 32.2. The summed E-state index contributed by atoms with van der Waals surface area (Å²) in [5.74, 6) is 0. The molecule has 0 amide bonds. The molecule has 17 heavy (non-hydrogen) atoms. The lowest BCUT2D eigenvalue weighted by atomic mass is 9.98. The van der Waals surface area contributed by atoms with Crippen molar-refractivity contribution < 1.29 is 19.7 Å². The highest BCUT2D eigenvalue weighted by Crippen LogP contribution is 2.34. The summed E-state index contributed by atoms with van der Waals surface area (Å²) in [5, 5.41) is 23.1. The molecule has 0 aromatic rings. The van der Waals surface area contributed by atoms with Crippen molar-refractivity contribution in [2.24, 2.45) is 4.99 Å². The number of methoxy groups -OCH3 is 1. The number of thioether (sulfide) groups is 1. The quantitative estimate of drug-likeness (QED) is 0.615. The average molecular weight is 262 g/mol. The van der Waals surface area contributed by atoms with E-state index in [0.717, 1.165) is 5.17 Å². The molecule has 2 fully saturated rings. The van der Waals surface area contributed by atoms with Gasteiger partial charge in [-0.3, -0.25) is 4.99 Å². The maximum atomic E-state index is 9.99. The van der Waals surface area contributed by atoms with Crippen molar-refractivity contribution in [3.05, 3.63) is 0 Å². The van der Waals surface area contributed by atoms with E-state index < -0.39 is 18.3 Å². The molecule has 6 nitrogen and oxygen atoms in total. The summed E-state index contributed by atoms with van der Waals surface area (Å²) in [5.41, 5.74) is -0.175. The summed E-state index contributed by atoms with van der Waals surface area (Å²) in [6, 6.07) is -0.131. The monoisotopic (exact) mass is 262 g/mol. The third-order valence-corrected chi connectivity index (χ3v) is 4.05. The van der Waals surface area contributed by atoms with Crippen LogP contribution in [0.5, 0.6) is 0 Å². The molecule has 2 aliphatic rings. The van der Waals surface area contributed by atoms with E-state index in [1.54, 1.807) is 7.11 Å². The van der Waals surface area contributed by atoms with Crippen molar-refractivity contribution in [1.29, 1.82) is 0 Å². The molecule has 2 heterocycles. The molecule has 2 saturated heterocycles. The van der Waals surface area contributed by atoms with Gasteiger partial charge in [-0.2, -0.15) is 0 Å². The van der Waals surface area contributed by atoms with Gasteiger partial charge in [0.1, 0.15) is 23.7 Å². The van der Waals surface area contributed by atoms with Gasteiger partial charge in [0.15, 0.2) is 5.17 Å². The minimum atomic E-state index is -0.833. The maximum Gasteiger partial charge on any atom is 0.159 e. The highest BCUT2D eigenvalue weighted by Gasteiger charge is 2.49. The summed E-state index contributed by atoms with van der Waals surface area (Å²) >= 11 is 1.47. The van der Waals surface area contributed by atoms with Crippen molar-refractivity contribution in [3.8, 4) is 0 Å². The lowest BCUT2D eigenvalue weighted by Crippen LogP contribution is -2.60. The number of hydrogen-bond donors (Lipinski definition) is 3. The molecule has 98 valence electrons. The van der Waals surface area contributed by atoms with Crippen LogP contribution in [-0.4, -0.2) is 65.4 Å². The zero-order chi connectivity index (χ0) is 12.4. The first-order chi connectivity index (χ1) is 8.21. The van der Waals surface area contributed by atoms with Crippen LogP contribution in [0.4, 0.5) is 0 Å². The SMILES string of the molecule is CCN=C1NC2C(OC(CO)C(O)C2OC)S1. The van der Waals surface area contributed by atoms with Crippen LogP contribution in [0.25, 0.3) is 0 Å². The van der Waals surface area contributed by atoms with Crippen molar-refractivity contribution in [2.75, 3.05) is 20.3 Å². The number of aliphatic imine (C=N–C) groups is 1. The van der Waals surface area contributed by atoms with Gasteiger partial charge in [-0.05, 0) is 6.92 Å². The van der Waals surface area contributed by atoms with Gasteiger partial charge in [-0.1, -0.05) is 11.8 Å². The third-order valence-electron chi connectivity index (χ3n) is 2.95. The van der Waals surface area contributed by atoms with E-state index >= 15 is 0 Å². The van der Waals surface area contributed by atoms with Crippen LogP contribution >= 0.6 is 11.8 Å². The van der Waals surface area contributed by atoms with Gasteiger partial charge in [0.25, 0.3) is 0 Å². The van der Waals surface area contributed by atoms with E-state index in [9.17, 15) is 5.11 Å². The van der Waals surface area contributed by atoms with E-state index in [1.165, 1.54) is 11.8 Å². The van der Waals surface area contributed by atoms with Crippen molar-refractivity contribution in [3.63, 3.8) is 0 Å². The van der Waals surface area contributed by atoms with Crippen molar-refractivity contribution in [1.82, 2.24) is 5.32 Å². The number of aliphatic hydroxyl groups excluding tert-OH is 2. The summed E-state index contributed by atoms with van der Waals surface area (Å²) in [6.07, 6.45) is -1.83. The number of ether oxygens (including phenoxy) is 2. The Labute approximate surface area is 104 Å². The van der Waals surface area contributed by atoms with Gasteiger partial charge in [-0.15, -0.1) is 0 Å². The van der Waals surface area contributed by atoms with Crippen LogP contribution in [0.3, 0.4) is 0 Å². The number of fused-ring (bicyclic) bond motifs is 1. The largest absolute Gasteiger partial charge is 0.394 e. The van der Waals surface area contributed by atoms with Gasteiger partial charge in [0, 0.05) is 13.7 Å². The fraction of sp³-hybridized carbons (Fsp3) is 0.900. The van der Waals surface area contributed by atoms with Crippen molar-refractivity contribution >= 4 is 16.9 Å². The molecule has 0 radical (unpaired) electrons. The van der Waals surface area contributed by atoms with Crippen LogP contribution in [0.2, 0.25) is 0 Å². The van der Waals surface area contributed by atoms with E-state index in [-0.39, 0.29) is 18.1 Å². The van der Waals surface area contributed by atoms with Gasteiger partial charge in [0.05, 0.1) is 12.6 Å². The first kappa shape index (κ1) is 13.1. The Morgan fingerprint density at radius 3 is 2.94 bits per heavy atom. The number of amidine groups is 1. The summed E-state index contributed by atoms with van der Waals surface area (Å²) < 4.78 is 10.9. The Morgan fingerprint density at radius 2 is 2.35 bits per heavy atom. The molecule has 0 saturated carbocycles. The van der Waals surface area contributed by atoms with Gasteiger partial charge >= 0.3 is 0 Å². The fourth-order valence-electron chi connectivity index (χ4n) is 2.12. The first-order valence-corrected chi connectivity index (χ1v) is 6.54. The highest BCUT2D eigenvalue weighted by molar-refractivity contribution is 8.14. The van der Waals surface area contributed by atoms with Gasteiger partial charge in [-0.25, -0.2) is 0 Å². The Hall–Kier alpha value is -0.340. The number of nitrogens with one attached hydrogen (secondary N) is 1. The first-order valence-electron chi connectivity index (χ1n) is 5.66. The molecule has 2 rings (SSSR count). The molecule has 0 aromatic carbocycles. The topological polar surface area (TPSA) is 83.3 Å². The Bertz CT molecular complexity index is 302. The molecule has 7 heteroatoms. The van der Waals surface area contributed by atoms with E-state index in [0.29, 0.717) is 6.54 Å². The van der Waals surface area contributed by atoms with E-state index in [1.807, 2.05) is 6.92 Å². The number of nitrogens with zero attached hydrogens (tertiary/aromatic N) is 1. The average Bonchev–Trinajstić information content (AvgIpc) is 2.71. The summed E-state index contributed by atoms with van der Waals surface area (Å²) in [6.45, 7) is 2.43. The molecule has 3 N–H and O–H groups in total. The second-order valence-corrected chi connectivity index (χ2v) is 5.07. The zero-order valence-electron chi connectivity index (χ0n) is 9.87. The second-order valence-electron chi connectivity index (χ2n) is 3.98. The molecule has 2 aliphatic heterocycles. The van der Waals surface area contributed by atoms with Crippen LogP contribution in [0.15, 0.2) is 4.99 Å². The Morgan fingerprint density at radius 1 is 1.59 bits per heavy atom. The van der Waals surface area contributed by atoms with Crippen molar-refractivity contribution in [2.45, 2.75) is 36.7 Å². The minimum Gasteiger partial charge on any atom is -0.394 e. The molecule has 5 unspecified atom stereocenters. The smallest absolute Gasteiger partial charge is 0.159 e. The standard InChI is InChI=1S/C10H18N2O4S/c1-3-11-10-12-6-8(15-2)7(14)5(4-13)16-9(6)17-10/h5-9,13-14H,3-4H2,1-2H3,(H,11,12). The van der Waals surface area contributed by atoms with Crippen LogP contribution in [-0.2, 0) is 9.47 Å². The molecule has 0 aliphatic carbocycles. The van der Waals surface area contributed by atoms with Gasteiger partial charge < -0.3 is 25.0 Å². The second kappa shape index (κ2) is 5.53. The maximum absolute atomic E-state index is 9.99. The molecule has 0 spiro atoms. The van der Waals surface area contributed by atoms with E-state index in [4.69, 9.17) is 14.6 Å². The minimum absolute atomic E-state index is 0.131. The molecular formula is C10H18N2O4S. The molecule has 0 bridgehead atoms. The molecular weight excluding hydrogens is 244 g/mol. The number of aliphatic hydroxyl groups is 2. The summed E-state index contributed by atoms with van der Waals surface area (Å²) in [4.78, 5) is 4.28. The lowest BCUT2D eigenvalue weighted by molar-refractivity contribution is -0.175. The lowest BCUT2D eigenvalue weighted by Gasteiger charge is -2.39.